The molecule has 1 aliphatic rings. The average molecular weight is 216 g/mol. The van der Waals surface area contributed by atoms with Gasteiger partial charge in [0.05, 0.1) is 5.60 Å². The Bertz CT molecular complexity index is 170. The molecule has 0 heterocycles. The fourth-order valence-electron chi connectivity index (χ4n) is 2.49. The standard InChI is InChI=1S/C12H24O3/c1-12(13,9-11(14-2)15-3)10-7-5-4-6-8-10/h10-11,13H,4-9H2,1-3H3. The third kappa shape index (κ3) is 3.74. The second-order valence-electron chi connectivity index (χ2n) is 4.80. The van der Waals surface area contributed by atoms with Gasteiger partial charge in [-0.25, -0.2) is 0 Å². The van der Waals surface area contributed by atoms with E-state index in [1.165, 1.54) is 19.3 Å². The fourth-order valence-corrected chi connectivity index (χ4v) is 2.49. The predicted octanol–water partition coefficient (Wildman–Crippen LogP) is 2.33. The first-order valence-corrected chi connectivity index (χ1v) is 5.88. The summed E-state index contributed by atoms with van der Waals surface area (Å²) in [6.07, 6.45) is 6.33. The lowest BCUT2D eigenvalue weighted by molar-refractivity contribution is -0.154. The van der Waals surface area contributed by atoms with Crippen molar-refractivity contribution in [3.8, 4) is 0 Å². The van der Waals surface area contributed by atoms with Crippen LogP contribution in [0.1, 0.15) is 45.4 Å². The van der Waals surface area contributed by atoms with Crippen LogP contribution in [0.5, 0.6) is 0 Å². The van der Waals surface area contributed by atoms with Crippen molar-refractivity contribution < 1.29 is 14.6 Å². The van der Waals surface area contributed by atoms with Gasteiger partial charge in [0.15, 0.2) is 6.29 Å². The maximum Gasteiger partial charge on any atom is 0.159 e. The van der Waals surface area contributed by atoms with E-state index in [9.17, 15) is 5.11 Å². The monoisotopic (exact) mass is 216 g/mol. The molecule has 1 N–H and O–H groups in total. The minimum absolute atomic E-state index is 0.290. The van der Waals surface area contributed by atoms with E-state index < -0.39 is 5.60 Å². The van der Waals surface area contributed by atoms with Crippen LogP contribution < -0.4 is 0 Å². The van der Waals surface area contributed by atoms with E-state index in [1.54, 1.807) is 14.2 Å². The number of methoxy groups -OCH3 is 2. The molecule has 0 aromatic carbocycles. The molecule has 1 unspecified atom stereocenters. The number of hydrogen-bond donors (Lipinski definition) is 1. The summed E-state index contributed by atoms with van der Waals surface area (Å²) in [5.41, 5.74) is -0.656. The van der Waals surface area contributed by atoms with Crippen LogP contribution >= 0.6 is 0 Å². The Morgan fingerprint density at radius 3 is 2.20 bits per heavy atom. The highest BCUT2D eigenvalue weighted by molar-refractivity contribution is 4.85. The summed E-state index contributed by atoms with van der Waals surface area (Å²) in [5, 5.41) is 10.4. The molecule has 1 rings (SSSR count). The lowest BCUT2D eigenvalue weighted by Gasteiger charge is -2.37. The van der Waals surface area contributed by atoms with Gasteiger partial charge in [0.25, 0.3) is 0 Å². The minimum atomic E-state index is -0.656. The topological polar surface area (TPSA) is 38.7 Å². The van der Waals surface area contributed by atoms with Crippen molar-refractivity contribution in [3.63, 3.8) is 0 Å². The third-order valence-corrected chi connectivity index (χ3v) is 3.59. The number of aliphatic hydroxyl groups is 1. The van der Waals surface area contributed by atoms with Crippen LogP contribution in [0.15, 0.2) is 0 Å². The highest BCUT2D eigenvalue weighted by atomic mass is 16.7. The maximum absolute atomic E-state index is 10.4. The lowest BCUT2D eigenvalue weighted by atomic mass is 9.76. The van der Waals surface area contributed by atoms with E-state index in [0.717, 1.165) is 12.8 Å². The molecule has 1 fully saturated rings. The van der Waals surface area contributed by atoms with Gasteiger partial charge in [-0.15, -0.1) is 0 Å². The first-order valence-electron chi connectivity index (χ1n) is 5.88. The third-order valence-electron chi connectivity index (χ3n) is 3.59. The molecule has 3 heteroatoms. The van der Waals surface area contributed by atoms with Crippen LogP contribution in [-0.4, -0.2) is 31.2 Å². The van der Waals surface area contributed by atoms with Gasteiger partial charge < -0.3 is 14.6 Å². The van der Waals surface area contributed by atoms with Gasteiger partial charge in [-0.05, 0) is 25.7 Å². The Hall–Kier alpha value is -0.120. The van der Waals surface area contributed by atoms with Crippen molar-refractivity contribution in [1.82, 2.24) is 0 Å². The van der Waals surface area contributed by atoms with E-state index in [0.29, 0.717) is 12.3 Å². The zero-order chi connectivity index (χ0) is 11.3. The SMILES string of the molecule is COC(CC(C)(O)C1CCCCC1)OC. The van der Waals surface area contributed by atoms with Gasteiger partial charge in [-0.3, -0.25) is 0 Å². The Kier molecular flexibility index (Phi) is 5.03. The van der Waals surface area contributed by atoms with Gasteiger partial charge >= 0.3 is 0 Å². The Morgan fingerprint density at radius 2 is 1.73 bits per heavy atom. The average Bonchev–Trinajstić information content (AvgIpc) is 2.27. The lowest BCUT2D eigenvalue weighted by Crippen LogP contribution is -2.40. The smallest absolute Gasteiger partial charge is 0.159 e. The predicted molar refractivity (Wildman–Crippen MR) is 59.6 cm³/mol. The highest BCUT2D eigenvalue weighted by Gasteiger charge is 2.35. The maximum atomic E-state index is 10.4. The summed E-state index contributed by atoms with van der Waals surface area (Å²) in [7, 11) is 3.23. The van der Waals surface area contributed by atoms with Crippen molar-refractivity contribution in [2.45, 2.75) is 57.3 Å². The Labute approximate surface area is 92.8 Å². The van der Waals surface area contributed by atoms with Crippen molar-refractivity contribution in [3.05, 3.63) is 0 Å². The van der Waals surface area contributed by atoms with Crippen molar-refractivity contribution in [2.75, 3.05) is 14.2 Å². The van der Waals surface area contributed by atoms with Crippen LogP contribution in [-0.2, 0) is 9.47 Å². The molecule has 1 saturated carbocycles. The summed E-state index contributed by atoms with van der Waals surface area (Å²) < 4.78 is 10.3. The van der Waals surface area contributed by atoms with E-state index in [4.69, 9.17) is 9.47 Å². The van der Waals surface area contributed by atoms with E-state index in [1.807, 2.05) is 6.92 Å². The molecule has 0 aromatic rings. The molecule has 0 radical (unpaired) electrons. The quantitative estimate of drug-likeness (QED) is 0.717. The molecular weight excluding hydrogens is 192 g/mol. The summed E-state index contributed by atoms with van der Waals surface area (Å²) in [4.78, 5) is 0. The van der Waals surface area contributed by atoms with Crippen LogP contribution in [0, 0.1) is 5.92 Å². The normalized spacial score (nSPS) is 23.0. The first-order chi connectivity index (χ1) is 7.10. The van der Waals surface area contributed by atoms with Crippen molar-refractivity contribution in [2.24, 2.45) is 5.92 Å². The van der Waals surface area contributed by atoms with Gasteiger partial charge in [0.1, 0.15) is 0 Å². The summed E-state index contributed by atoms with van der Waals surface area (Å²) in [5.74, 6) is 0.402. The van der Waals surface area contributed by atoms with Crippen LogP contribution in [0.2, 0.25) is 0 Å². The number of ether oxygens (including phenoxy) is 2. The molecule has 90 valence electrons. The molecule has 1 atom stereocenters. The highest BCUT2D eigenvalue weighted by Crippen LogP contribution is 2.35. The molecule has 1 aliphatic carbocycles. The van der Waals surface area contributed by atoms with Crippen molar-refractivity contribution in [1.29, 1.82) is 0 Å². The molecule has 15 heavy (non-hydrogen) atoms. The second-order valence-corrected chi connectivity index (χ2v) is 4.80. The van der Waals surface area contributed by atoms with Gasteiger partial charge in [0.2, 0.25) is 0 Å². The van der Waals surface area contributed by atoms with Crippen LogP contribution in [0.3, 0.4) is 0 Å². The molecule has 0 bridgehead atoms. The van der Waals surface area contributed by atoms with Gasteiger partial charge in [-0.1, -0.05) is 19.3 Å². The summed E-state index contributed by atoms with van der Waals surface area (Å²) in [6, 6.07) is 0. The molecule has 0 spiro atoms. The zero-order valence-electron chi connectivity index (χ0n) is 10.2. The summed E-state index contributed by atoms with van der Waals surface area (Å²) in [6.45, 7) is 1.91. The Morgan fingerprint density at radius 1 is 1.20 bits per heavy atom. The molecule has 0 aromatic heterocycles. The molecular formula is C12H24O3. The van der Waals surface area contributed by atoms with E-state index in [2.05, 4.69) is 0 Å². The van der Waals surface area contributed by atoms with E-state index >= 15 is 0 Å². The molecule has 0 aliphatic heterocycles. The van der Waals surface area contributed by atoms with Gasteiger partial charge in [-0.2, -0.15) is 0 Å². The second kappa shape index (κ2) is 5.83. The van der Waals surface area contributed by atoms with Crippen LogP contribution in [0.25, 0.3) is 0 Å². The number of rotatable bonds is 5. The first kappa shape index (κ1) is 12.9. The molecule has 3 nitrogen and oxygen atoms in total. The molecule has 0 amide bonds. The zero-order valence-corrected chi connectivity index (χ0v) is 10.2. The molecule has 0 saturated heterocycles. The van der Waals surface area contributed by atoms with Crippen LogP contribution in [0.4, 0.5) is 0 Å². The Balaban J connectivity index is 2.47. The summed E-state index contributed by atoms with van der Waals surface area (Å²) >= 11 is 0. The fraction of sp³-hybridized carbons (Fsp3) is 1.00. The number of hydrogen-bond acceptors (Lipinski definition) is 3. The van der Waals surface area contributed by atoms with Crippen molar-refractivity contribution >= 4 is 0 Å². The van der Waals surface area contributed by atoms with E-state index in [-0.39, 0.29) is 6.29 Å². The largest absolute Gasteiger partial charge is 0.390 e. The minimum Gasteiger partial charge on any atom is -0.390 e. The van der Waals surface area contributed by atoms with Gasteiger partial charge in [0, 0.05) is 20.6 Å².